The topological polar surface area (TPSA) is 61.5 Å². The van der Waals surface area contributed by atoms with Crippen molar-refractivity contribution in [2.75, 3.05) is 13.7 Å². The van der Waals surface area contributed by atoms with Crippen LogP contribution in [0.15, 0.2) is 18.2 Å². The number of methoxy groups -OCH3 is 1. The Morgan fingerprint density at radius 1 is 1.41 bits per heavy atom. The molecule has 0 saturated carbocycles. The Bertz CT molecular complexity index is 444. The summed E-state index contributed by atoms with van der Waals surface area (Å²) in [6.07, 6.45) is 1.05. The second-order valence-corrected chi connectivity index (χ2v) is 4.36. The van der Waals surface area contributed by atoms with Crippen LogP contribution in [0.1, 0.15) is 18.1 Å². The number of nitrogens with two attached hydrogens (primary N) is 1. The average molecular weight is 235 g/mol. The first kappa shape index (κ1) is 11.9. The minimum atomic E-state index is -0.912. The van der Waals surface area contributed by atoms with Gasteiger partial charge in [0.05, 0.1) is 13.7 Å². The van der Waals surface area contributed by atoms with E-state index in [2.05, 4.69) is 0 Å². The zero-order chi connectivity index (χ0) is 12.5. The van der Waals surface area contributed by atoms with Gasteiger partial charge in [0.25, 0.3) is 0 Å². The fourth-order valence-corrected chi connectivity index (χ4v) is 2.23. The third-order valence-corrected chi connectivity index (χ3v) is 3.11. The van der Waals surface area contributed by atoms with Crippen molar-refractivity contribution < 1.29 is 14.3 Å². The molecule has 0 saturated heterocycles. The lowest BCUT2D eigenvalue weighted by Crippen LogP contribution is -2.50. The quantitative estimate of drug-likeness (QED) is 0.796. The molecule has 0 bridgehead atoms. The molecule has 0 spiro atoms. The number of benzene rings is 1. The number of carbonyl (C=O) groups is 1. The molecule has 1 aliphatic carbocycles. The van der Waals surface area contributed by atoms with Crippen molar-refractivity contribution in [2.24, 2.45) is 5.73 Å². The maximum Gasteiger partial charge on any atom is 0.326 e. The van der Waals surface area contributed by atoms with Gasteiger partial charge in [-0.25, -0.2) is 0 Å². The van der Waals surface area contributed by atoms with Gasteiger partial charge in [0, 0.05) is 12.8 Å². The molecule has 0 heterocycles. The summed E-state index contributed by atoms with van der Waals surface area (Å²) < 4.78 is 10.2. The Kier molecular flexibility index (Phi) is 3.07. The predicted molar refractivity (Wildman–Crippen MR) is 64.0 cm³/mol. The van der Waals surface area contributed by atoms with E-state index in [0.717, 1.165) is 16.9 Å². The van der Waals surface area contributed by atoms with E-state index in [9.17, 15) is 4.79 Å². The van der Waals surface area contributed by atoms with E-state index in [0.29, 0.717) is 19.4 Å². The standard InChI is InChI=1S/C13H17NO3/c1-3-17-12(15)13(14)7-9-4-5-11(16-2)6-10(9)8-13/h4-6H,3,7-8,14H2,1-2H3/t13-/m0/s1. The van der Waals surface area contributed by atoms with Crippen molar-refractivity contribution in [2.45, 2.75) is 25.3 Å². The van der Waals surface area contributed by atoms with E-state index in [4.69, 9.17) is 15.2 Å². The molecule has 92 valence electrons. The molecule has 1 atom stereocenters. The number of esters is 1. The highest BCUT2D eigenvalue weighted by atomic mass is 16.5. The van der Waals surface area contributed by atoms with E-state index in [1.807, 2.05) is 18.2 Å². The van der Waals surface area contributed by atoms with Crippen LogP contribution in [0.5, 0.6) is 5.75 Å². The summed E-state index contributed by atoms with van der Waals surface area (Å²) in [5.74, 6) is 0.465. The molecular weight excluding hydrogens is 218 g/mol. The summed E-state index contributed by atoms with van der Waals surface area (Å²) in [6, 6.07) is 5.78. The zero-order valence-corrected chi connectivity index (χ0v) is 10.2. The van der Waals surface area contributed by atoms with Crippen molar-refractivity contribution in [3.8, 4) is 5.75 Å². The number of rotatable bonds is 3. The van der Waals surface area contributed by atoms with Crippen LogP contribution in [0.4, 0.5) is 0 Å². The van der Waals surface area contributed by atoms with Gasteiger partial charge in [0.2, 0.25) is 0 Å². The molecule has 0 aliphatic heterocycles. The monoisotopic (exact) mass is 235 g/mol. The number of fused-ring (bicyclic) bond motifs is 1. The predicted octanol–water partition coefficient (Wildman–Crippen LogP) is 1.05. The molecule has 0 fully saturated rings. The highest BCUT2D eigenvalue weighted by molar-refractivity contribution is 5.83. The number of ether oxygens (including phenoxy) is 2. The van der Waals surface area contributed by atoms with E-state index in [1.54, 1.807) is 14.0 Å². The molecule has 0 aromatic heterocycles. The van der Waals surface area contributed by atoms with Crippen molar-refractivity contribution in [1.29, 1.82) is 0 Å². The van der Waals surface area contributed by atoms with Gasteiger partial charge in [-0.1, -0.05) is 6.07 Å². The molecule has 1 aliphatic rings. The summed E-state index contributed by atoms with van der Waals surface area (Å²) in [7, 11) is 1.62. The third kappa shape index (κ3) is 2.13. The van der Waals surface area contributed by atoms with E-state index in [1.165, 1.54) is 0 Å². The SMILES string of the molecule is CCOC(=O)[C@]1(N)Cc2ccc(OC)cc2C1. The number of carbonyl (C=O) groups excluding carboxylic acids is 1. The van der Waals surface area contributed by atoms with Crippen molar-refractivity contribution in [1.82, 2.24) is 0 Å². The second-order valence-electron chi connectivity index (χ2n) is 4.36. The summed E-state index contributed by atoms with van der Waals surface area (Å²) in [6.45, 7) is 2.14. The Balaban J connectivity index is 2.23. The summed E-state index contributed by atoms with van der Waals surface area (Å²) in [5.41, 5.74) is 7.37. The lowest BCUT2D eigenvalue weighted by atomic mass is 9.98. The first-order valence-corrected chi connectivity index (χ1v) is 5.71. The van der Waals surface area contributed by atoms with Crippen molar-refractivity contribution in [3.05, 3.63) is 29.3 Å². The van der Waals surface area contributed by atoms with Gasteiger partial charge in [-0.15, -0.1) is 0 Å². The fraction of sp³-hybridized carbons (Fsp3) is 0.462. The van der Waals surface area contributed by atoms with Crippen LogP contribution < -0.4 is 10.5 Å². The normalized spacial score (nSPS) is 22.1. The summed E-state index contributed by atoms with van der Waals surface area (Å²) in [5, 5.41) is 0. The van der Waals surface area contributed by atoms with Gasteiger partial charge in [0.15, 0.2) is 0 Å². The molecule has 17 heavy (non-hydrogen) atoms. The molecule has 2 N–H and O–H groups in total. The van der Waals surface area contributed by atoms with Gasteiger partial charge >= 0.3 is 5.97 Å². The van der Waals surface area contributed by atoms with Gasteiger partial charge < -0.3 is 15.2 Å². The van der Waals surface area contributed by atoms with Crippen LogP contribution in [-0.4, -0.2) is 25.2 Å². The Hall–Kier alpha value is -1.55. The molecular formula is C13H17NO3. The van der Waals surface area contributed by atoms with Gasteiger partial charge in [-0.3, -0.25) is 4.79 Å². The minimum absolute atomic E-state index is 0.324. The van der Waals surface area contributed by atoms with Crippen LogP contribution in [0.3, 0.4) is 0 Å². The maximum atomic E-state index is 11.8. The van der Waals surface area contributed by atoms with Crippen LogP contribution in [0.25, 0.3) is 0 Å². The molecule has 0 radical (unpaired) electrons. The van der Waals surface area contributed by atoms with Gasteiger partial charge in [0.1, 0.15) is 11.3 Å². The highest BCUT2D eigenvalue weighted by Crippen LogP contribution is 2.31. The molecule has 4 heteroatoms. The highest BCUT2D eigenvalue weighted by Gasteiger charge is 2.41. The number of hydrogen-bond acceptors (Lipinski definition) is 4. The second kappa shape index (κ2) is 4.37. The zero-order valence-electron chi connectivity index (χ0n) is 10.2. The Labute approximate surface area is 101 Å². The summed E-state index contributed by atoms with van der Waals surface area (Å²) >= 11 is 0. The lowest BCUT2D eigenvalue weighted by Gasteiger charge is -2.20. The van der Waals surface area contributed by atoms with Crippen LogP contribution >= 0.6 is 0 Å². The first-order valence-electron chi connectivity index (χ1n) is 5.71. The molecule has 1 aromatic rings. The van der Waals surface area contributed by atoms with E-state index < -0.39 is 5.54 Å². The largest absolute Gasteiger partial charge is 0.497 e. The van der Waals surface area contributed by atoms with Crippen LogP contribution in [-0.2, 0) is 22.4 Å². The lowest BCUT2D eigenvalue weighted by molar-refractivity contribution is -0.149. The summed E-state index contributed by atoms with van der Waals surface area (Å²) in [4.78, 5) is 11.8. The van der Waals surface area contributed by atoms with Crippen molar-refractivity contribution in [3.63, 3.8) is 0 Å². The Morgan fingerprint density at radius 2 is 2.12 bits per heavy atom. The molecule has 4 nitrogen and oxygen atoms in total. The minimum Gasteiger partial charge on any atom is -0.497 e. The molecule has 1 aromatic carbocycles. The average Bonchev–Trinajstić information content (AvgIpc) is 2.65. The van der Waals surface area contributed by atoms with Gasteiger partial charge in [-0.2, -0.15) is 0 Å². The van der Waals surface area contributed by atoms with Crippen LogP contribution in [0, 0.1) is 0 Å². The van der Waals surface area contributed by atoms with Crippen LogP contribution in [0.2, 0.25) is 0 Å². The molecule has 2 rings (SSSR count). The fourth-order valence-electron chi connectivity index (χ4n) is 2.23. The first-order chi connectivity index (χ1) is 8.09. The third-order valence-electron chi connectivity index (χ3n) is 3.11. The van der Waals surface area contributed by atoms with Crippen molar-refractivity contribution >= 4 is 5.97 Å². The molecule has 0 amide bonds. The van der Waals surface area contributed by atoms with E-state index >= 15 is 0 Å². The van der Waals surface area contributed by atoms with E-state index in [-0.39, 0.29) is 5.97 Å². The van der Waals surface area contributed by atoms with Gasteiger partial charge in [-0.05, 0) is 30.2 Å². The number of hydrogen-bond donors (Lipinski definition) is 1. The smallest absolute Gasteiger partial charge is 0.326 e. The Morgan fingerprint density at radius 3 is 2.76 bits per heavy atom. The molecule has 0 unspecified atom stereocenters. The maximum absolute atomic E-state index is 11.8.